The number of carboxylic acid groups (broad SMARTS) is 1. The fourth-order valence-electron chi connectivity index (χ4n) is 2.30. The quantitative estimate of drug-likeness (QED) is 0.840. The second-order valence-corrected chi connectivity index (χ2v) is 5.24. The summed E-state index contributed by atoms with van der Waals surface area (Å²) >= 11 is 5.18. The van der Waals surface area contributed by atoms with E-state index >= 15 is 0 Å². The van der Waals surface area contributed by atoms with E-state index in [1.54, 1.807) is 12.1 Å². The van der Waals surface area contributed by atoms with Gasteiger partial charge in [-0.2, -0.15) is 0 Å². The van der Waals surface area contributed by atoms with Crippen LogP contribution in [-0.2, 0) is 9.59 Å². The number of carbonyl (C=O) groups excluding carboxylic acids is 1. The van der Waals surface area contributed by atoms with Crippen LogP contribution in [0.15, 0.2) is 47.0 Å². The Morgan fingerprint density at radius 2 is 2.18 bits per heavy atom. The summed E-state index contributed by atoms with van der Waals surface area (Å²) in [6, 6.07) is 5.28. The molecule has 2 heterocycles. The zero-order valence-corrected chi connectivity index (χ0v) is 12.4. The Hall–Kier alpha value is -2.67. The van der Waals surface area contributed by atoms with Gasteiger partial charge in [0.05, 0.1) is 17.2 Å². The molecule has 0 saturated heterocycles. The Bertz CT molecular complexity index is 795. The number of aliphatic carboxylic acids is 1. The minimum Gasteiger partial charge on any atom is -0.478 e. The van der Waals surface area contributed by atoms with E-state index in [2.05, 4.69) is 9.98 Å². The molecule has 1 aliphatic carbocycles. The Morgan fingerprint density at radius 1 is 1.41 bits per heavy atom. The predicted molar refractivity (Wildman–Crippen MR) is 84.8 cm³/mol. The molecule has 3 rings (SSSR count). The van der Waals surface area contributed by atoms with Crippen LogP contribution in [0, 0.1) is 12.8 Å². The number of aliphatic imine (C=N–C) groups is 1. The number of amides is 1. The zero-order valence-electron chi connectivity index (χ0n) is 11.6. The van der Waals surface area contributed by atoms with E-state index in [4.69, 9.17) is 17.3 Å². The van der Waals surface area contributed by atoms with Crippen LogP contribution in [-0.4, -0.2) is 32.8 Å². The Morgan fingerprint density at radius 3 is 2.86 bits per heavy atom. The van der Waals surface area contributed by atoms with Crippen molar-refractivity contribution in [2.24, 2.45) is 10.9 Å². The smallest absolute Gasteiger partial charge is 0.335 e. The summed E-state index contributed by atoms with van der Waals surface area (Å²) in [6.45, 7) is 1.82. The number of allylic oxidation sites excluding steroid dienone is 1. The fraction of sp³-hybridized carbons (Fsp3) is 0.133. The summed E-state index contributed by atoms with van der Waals surface area (Å²) in [7, 11) is 0. The predicted octanol–water partition coefficient (Wildman–Crippen LogP) is 1.66. The summed E-state index contributed by atoms with van der Waals surface area (Å²) in [4.78, 5) is 33.4. The number of carboxylic acids is 1. The van der Waals surface area contributed by atoms with Crippen molar-refractivity contribution >= 4 is 40.7 Å². The molecule has 1 aromatic heterocycles. The van der Waals surface area contributed by atoms with Crippen LogP contribution in [0.25, 0.3) is 0 Å². The number of aryl methyl sites for hydroxylation is 1. The third-order valence-corrected chi connectivity index (χ3v) is 3.62. The van der Waals surface area contributed by atoms with Gasteiger partial charge in [-0.3, -0.25) is 4.79 Å². The lowest BCUT2D eigenvalue weighted by Crippen LogP contribution is -2.46. The first-order chi connectivity index (χ1) is 10.5. The summed E-state index contributed by atoms with van der Waals surface area (Å²) in [5.41, 5.74) is 1.18. The fourth-order valence-corrected chi connectivity index (χ4v) is 2.59. The van der Waals surface area contributed by atoms with Crippen molar-refractivity contribution in [3.05, 3.63) is 47.7 Å². The van der Waals surface area contributed by atoms with Gasteiger partial charge in [0, 0.05) is 5.69 Å². The van der Waals surface area contributed by atoms with Crippen LogP contribution in [0.1, 0.15) is 5.69 Å². The average molecular weight is 313 g/mol. The Balaban J connectivity index is 2.03. The van der Waals surface area contributed by atoms with E-state index in [1.807, 2.05) is 13.0 Å². The molecular weight excluding hydrogens is 302 g/mol. The van der Waals surface area contributed by atoms with Crippen LogP contribution in [0.3, 0.4) is 0 Å². The number of pyridine rings is 1. The van der Waals surface area contributed by atoms with Gasteiger partial charge in [0.25, 0.3) is 0 Å². The number of rotatable bonds is 2. The molecule has 2 aliphatic rings. The molecular formula is C15H11N3O3S. The standard InChI is InChI=1S/C15H11N3O3S/c1-8-3-2-4-12(16-8)18-13(19)10-6-5-9(14(20)21)7-11(10)17-15(18)22/h2-7,10H,1H3,(H,20,21). The number of nitrogens with zero attached hydrogens (tertiary/aromatic N) is 3. The maximum absolute atomic E-state index is 12.6. The van der Waals surface area contributed by atoms with Crippen molar-refractivity contribution in [3.63, 3.8) is 0 Å². The number of anilines is 1. The molecule has 22 heavy (non-hydrogen) atoms. The summed E-state index contributed by atoms with van der Waals surface area (Å²) < 4.78 is 0. The molecule has 7 heteroatoms. The molecule has 0 radical (unpaired) electrons. The molecule has 0 spiro atoms. The molecule has 1 amide bonds. The average Bonchev–Trinajstić information content (AvgIpc) is 2.46. The van der Waals surface area contributed by atoms with Crippen molar-refractivity contribution in [1.29, 1.82) is 0 Å². The minimum atomic E-state index is -1.07. The molecule has 0 aromatic carbocycles. The van der Waals surface area contributed by atoms with Gasteiger partial charge in [-0.05, 0) is 37.4 Å². The molecule has 1 aliphatic heterocycles. The van der Waals surface area contributed by atoms with E-state index in [1.165, 1.54) is 23.1 Å². The van der Waals surface area contributed by atoms with Gasteiger partial charge in [0.15, 0.2) is 0 Å². The molecule has 110 valence electrons. The second kappa shape index (κ2) is 5.27. The topological polar surface area (TPSA) is 82.9 Å². The van der Waals surface area contributed by atoms with Gasteiger partial charge >= 0.3 is 5.97 Å². The van der Waals surface area contributed by atoms with Crippen molar-refractivity contribution in [2.75, 3.05) is 4.90 Å². The highest BCUT2D eigenvalue weighted by Gasteiger charge is 2.36. The highest BCUT2D eigenvalue weighted by Crippen LogP contribution is 2.25. The van der Waals surface area contributed by atoms with E-state index in [9.17, 15) is 9.59 Å². The highest BCUT2D eigenvalue weighted by molar-refractivity contribution is 7.80. The summed E-state index contributed by atoms with van der Waals surface area (Å²) in [5.74, 6) is -1.58. The second-order valence-electron chi connectivity index (χ2n) is 4.87. The third-order valence-electron chi connectivity index (χ3n) is 3.34. The molecule has 0 bridgehead atoms. The summed E-state index contributed by atoms with van der Waals surface area (Å²) in [5, 5.41) is 9.07. The molecule has 6 nitrogen and oxygen atoms in total. The highest BCUT2D eigenvalue weighted by atomic mass is 32.1. The first-order valence-electron chi connectivity index (χ1n) is 6.51. The van der Waals surface area contributed by atoms with Gasteiger partial charge in [0.2, 0.25) is 11.0 Å². The van der Waals surface area contributed by atoms with Crippen molar-refractivity contribution in [2.45, 2.75) is 6.92 Å². The third kappa shape index (κ3) is 2.35. The van der Waals surface area contributed by atoms with Crippen LogP contribution >= 0.6 is 12.2 Å². The minimum absolute atomic E-state index is 0.0608. The van der Waals surface area contributed by atoms with E-state index in [0.717, 1.165) is 5.69 Å². The van der Waals surface area contributed by atoms with Crippen LogP contribution in [0.2, 0.25) is 0 Å². The maximum atomic E-state index is 12.6. The number of hydrogen-bond acceptors (Lipinski definition) is 4. The monoisotopic (exact) mass is 313 g/mol. The van der Waals surface area contributed by atoms with Crippen molar-refractivity contribution in [3.8, 4) is 0 Å². The summed E-state index contributed by atoms with van der Waals surface area (Å²) in [6.07, 6.45) is 4.30. The number of thiocarbonyl (C=S) groups is 1. The molecule has 1 N–H and O–H groups in total. The Labute approximate surface area is 131 Å². The number of fused-ring (bicyclic) bond motifs is 1. The van der Waals surface area contributed by atoms with Crippen LogP contribution < -0.4 is 4.90 Å². The lowest BCUT2D eigenvalue weighted by Gasteiger charge is -2.30. The first kappa shape index (κ1) is 14.3. The number of carbonyl (C=O) groups is 2. The maximum Gasteiger partial charge on any atom is 0.335 e. The Kier molecular flexibility index (Phi) is 3.42. The number of hydrogen-bond donors (Lipinski definition) is 1. The molecule has 0 saturated carbocycles. The lowest BCUT2D eigenvalue weighted by atomic mass is 9.92. The van der Waals surface area contributed by atoms with Crippen molar-refractivity contribution in [1.82, 2.24) is 4.98 Å². The normalized spacial score (nSPS) is 20.4. The van der Waals surface area contributed by atoms with Gasteiger partial charge in [-0.1, -0.05) is 18.2 Å². The van der Waals surface area contributed by atoms with Gasteiger partial charge in [-0.25, -0.2) is 19.7 Å². The van der Waals surface area contributed by atoms with E-state index < -0.39 is 11.9 Å². The van der Waals surface area contributed by atoms with Gasteiger partial charge in [0.1, 0.15) is 5.82 Å². The SMILES string of the molecule is Cc1cccc(N2C(=O)C3C=CC(C(=O)O)=CC3=NC2=S)n1. The molecule has 0 fully saturated rings. The van der Waals surface area contributed by atoms with E-state index in [-0.39, 0.29) is 16.6 Å². The van der Waals surface area contributed by atoms with Crippen molar-refractivity contribution < 1.29 is 14.7 Å². The van der Waals surface area contributed by atoms with Gasteiger partial charge in [-0.15, -0.1) is 0 Å². The first-order valence-corrected chi connectivity index (χ1v) is 6.91. The molecule has 1 unspecified atom stereocenters. The zero-order chi connectivity index (χ0) is 15.9. The molecule has 1 aromatic rings. The van der Waals surface area contributed by atoms with Crippen LogP contribution in [0.5, 0.6) is 0 Å². The largest absolute Gasteiger partial charge is 0.478 e. The van der Waals surface area contributed by atoms with E-state index in [0.29, 0.717) is 11.5 Å². The lowest BCUT2D eigenvalue weighted by molar-refractivity contribution is -0.132. The number of aromatic nitrogens is 1. The van der Waals surface area contributed by atoms with Gasteiger partial charge < -0.3 is 5.11 Å². The molecule has 1 atom stereocenters. The van der Waals surface area contributed by atoms with Crippen LogP contribution in [0.4, 0.5) is 5.82 Å².